The molecule has 102 valence electrons. The van der Waals surface area contributed by atoms with Crippen molar-refractivity contribution in [2.45, 2.75) is 19.9 Å². The Balaban J connectivity index is 2.68. The molecule has 0 fully saturated rings. The number of methoxy groups -OCH3 is 2. The number of hydrogen-bond donors (Lipinski definition) is 1. The average molecular weight is 254 g/mol. The molecule has 1 aromatic heterocycles. The topological polar surface area (TPSA) is 59.5 Å². The van der Waals surface area contributed by atoms with Crippen molar-refractivity contribution in [1.82, 2.24) is 15.3 Å². The highest BCUT2D eigenvalue weighted by Crippen LogP contribution is 2.18. The Morgan fingerprint density at radius 3 is 2.22 bits per heavy atom. The van der Waals surface area contributed by atoms with Crippen LogP contribution in [0.1, 0.15) is 13.8 Å². The summed E-state index contributed by atoms with van der Waals surface area (Å²) < 4.78 is 10.2. The molecule has 0 aliphatic heterocycles. The molecule has 0 aromatic carbocycles. The van der Waals surface area contributed by atoms with Crippen molar-refractivity contribution >= 4 is 5.95 Å². The van der Waals surface area contributed by atoms with Crippen molar-refractivity contribution in [2.24, 2.45) is 0 Å². The van der Waals surface area contributed by atoms with Gasteiger partial charge in [-0.3, -0.25) is 0 Å². The molecule has 0 bridgehead atoms. The first-order valence-corrected chi connectivity index (χ1v) is 5.98. The zero-order valence-corrected chi connectivity index (χ0v) is 11.7. The minimum absolute atomic E-state index is 0.471. The standard InChI is InChI=1S/C12H22N4O2/c1-9(2)13-6-7-16(3)12-14-10(17-4)8-11(15-12)18-5/h8-9,13H,6-7H2,1-5H3. The molecule has 1 N–H and O–H groups in total. The van der Waals surface area contributed by atoms with Gasteiger partial charge in [-0.25, -0.2) is 0 Å². The van der Waals surface area contributed by atoms with E-state index < -0.39 is 0 Å². The van der Waals surface area contributed by atoms with Crippen LogP contribution in [0.4, 0.5) is 5.95 Å². The van der Waals surface area contributed by atoms with Crippen LogP contribution in [0, 0.1) is 0 Å². The second kappa shape index (κ2) is 7.00. The summed E-state index contributed by atoms with van der Waals surface area (Å²) >= 11 is 0. The molecule has 0 atom stereocenters. The molecule has 0 aliphatic carbocycles. The number of nitrogens with one attached hydrogen (secondary N) is 1. The van der Waals surface area contributed by atoms with Crippen molar-refractivity contribution in [3.05, 3.63) is 6.07 Å². The number of nitrogens with zero attached hydrogens (tertiary/aromatic N) is 3. The lowest BCUT2D eigenvalue weighted by Crippen LogP contribution is -2.33. The lowest BCUT2D eigenvalue weighted by Gasteiger charge is -2.19. The summed E-state index contributed by atoms with van der Waals surface area (Å²) in [5, 5.41) is 3.34. The highest BCUT2D eigenvalue weighted by molar-refractivity contribution is 5.35. The largest absolute Gasteiger partial charge is 0.481 e. The fraction of sp³-hybridized carbons (Fsp3) is 0.667. The van der Waals surface area contributed by atoms with Gasteiger partial charge in [-0.1, -0.05) is 13.8 Å². The van der Waals surface area contributed by atoms with Crippen LogP contribution in [-0.2, 0) is 0 Å². The van der Waals surface area contributed by atoms with Crippen molar-refractivity contribution in [3.8, 4) is 11.8 Å². The van der Waals surface area contributed by atoms with Gasteiger partial charge in [0.05, 0.1) is 20.3 Å². The molecule has 0 amide bonds. The van der Waals surface area contributed by atoms with Crippen molar-refractivity contribution < 1.29 is 9.47 Å². The Morgan fingerprint density at radius 2 is 1.78 bits per heavy atom. The summed E-state index contributed by atoms with van der Waals surface area (Å²) in [6.07, 6.45) is 0. The zero-order chi connectivity index (χ0) is 13.5. The molecule has 0 radical (unpaired) electrons. The van der Waals surface area contributed by atoms with Gasteiger partial charge in [0.1, 0.15) is 0 Å². The van der Waals surface area contributed by atoms with Crippen molar-refractivity contribution in [3.63, 3.8) is 0 Å². The van der Waals surface area contributed by atoms with Gasteiger partial charge in [0.25, 0.3) is 0 Å². The van der Waals surface area contributed by atoms with E-state index in [4.69, 9.17) is 9.47 Å². The summed E-state index contributed by atoms with van der Waals surface area (Å²) in [6, 6.07) is 2.13. The first-order chi connectivity index (χ1) is 8.56. The molecule has 1 aromatic rings. The molecule has 1 rings (SSSR count). The second-order valence-electron chi connectivity index (χ2n) is 4.28. The predicted molar refractivity (Wildman–Crippen MR) is 71.5 cm³/mol. The Kier molecular flexibility index (Phi) is 5.64. The molecule has 0 unspecified atom stereocenters. The Bertz CT molecular complexity index is 349. The third kappa shape index (κ3) is 4.37. The highest BCUT2D eigenvalue weighted by atomic mass is 16.5. The molecule has 0 saturated carbocycles. The molecule has 0 saturated heterocycles. The van der Waals surface area contributed by atoms with Gasteiger partial charge < -0.3 is 19.7 Å². The van der Waals surface area contributed by atoms with E-state index in [0.717, 1.165) is 13.1 Å². The molecular formula is C12H22N4O2. The van der Waals surface area contributed by atoms with Crippen molar-refractivity contribution in [2.75, 3.05) is 39.3 Å². The summed E-state index contributed by atoms with van der Waals surface area (Å²) in [7, 11) is 5.09. The quantitative estimate of drug-likeness (QED) is 0.781. The van der Waals surface area contributed by atoms with E-state index in [1.54, 1.807) is 20.3 Å². The molecule has 6 heteroatoms. The van der Waals surface area contributed by atoms with Crippen LogP contribution in [-0.4, -0.2) is 50.4 Å². The first-order valence-electron chi connectivity index (χ1n) is 5.98. The van der Waals surface area contributed by atoms with E-state index in [1.807, 2.05) is 11.9 Å². The van der Waals surface area contributed by atoms with Crippen molar-refractivity contribution in [1.29, 1.82) is 0 Å². The van der Waals surface area contributed by atoms with Crippen LogP contribution < -0.4 is 19.7 Å². The maximum absolute atomic E-state index is 5.12. The number of rotatable bonds is 7. The summed E-state index contributed by atoms with van der Waals surface area (Å²) in [4.78, 5) is 10.5. The SMILES string of the molecule is COc1cc(OC)nc(N(C)CCNC(C)C)n1. The maximum atomic E-state index is 5.12. The number of likely N-dealkylation sites (N-methyl/N-ethyl adjacent to an activating group) is 1. The molecule has 6 nitrogen and oxygen atoms in total. The number of anilines is 1. The van der Waals surface area contributed by atoms with Gasteiger partial charge in [-0.05, 0) is 0 Å². The van der Waals surface area contributed by atoms with E-state index >= 15 is 0 Å². The fourth-order valence-corrected chi connectivity index (χ4v) is 1.39. The lowest BCUT2D eigenvalue weighted by molar-refractivity contribution is 0.371. The lowest BCUT2D eigenvalue weighted by atomic mass is 10.4. The maximum Gasteiger partial charge on any atom is 0.231 e. The molecule has 0 spiro atoms. The first kappa shape index (κ1) is 14.5. The average Bonchev–Trinajstić information content (AvgIpc) is 2.37. The van der Waals surface area contributed by atoms with Crippen LogP contribution in [0.2, 0.25) is 0 Å². The normalized spacial score (nSPS) is 10.6. The summed E-state index contributed by atoms with van der Waals surface area (Å²) in [5.74, 6) is 1.60. The molecular weight excluding hydrogens is 232 g/mol. The Labute approximate surface area is 108 Å². The zero-order valence-electron chi connectivity index (χ0n) is 11.7. The molecule has 18 heavy (non-hydrogen) atoms. The smallest absolute Gasteiger partial charge is 0.231 e. The molecule has 1 heterocycles. The second-order valence-corrected chi connectivity index (χ2v) is 4.28. The monoisotopic (exact) mass is 254 g/mol. The van der Waals surface area contributed by atoms with E-state index in [9.17, 15) is 0 Å². The van der Waals surface area contributed by atoms with Crippen LogP contribution in [0.25, 0.3) is 0 Å². The van der Waals surface area contributed by atoms with Gasteiger partial charge in [0.2, 0.25) is 17.7 Å². The third-order valence-corrected chi connectivity index (χ3v) is 2.43. The van der Waals surface area contributed by atoms with E-state index in [-0.39, 0.29) is 0 Å². The third-order valence-electron chi connectivity index (χ3n) is 2.43. The van der Waals surface area contributed by atoms with Crippen LogP contribution in [0.15, 0.2) is 6.07 Å². The number of hydrogen-bond acceptors (Lipinski definition) is 6. The Hall–Kier alpha value is -1.56. The van der Waals surface area contributed by atoms with Gasteiger partial charge in [-0.15, -0.1) is 0 Å². The van der Waals surface area contributed by atoms with E-state index in [0.29, 0.717) is 23.8 Å². The minimum Gasteiger partial charge on any atom is -0.481 e. The Morgan fingerprint density at radius 1 is 1.22 bits per heavy atom. The van der Waals surface area contributed by atoms with Crippen LogP contribution in [0.5, 0.6) is 11.8 Å². The fourth-order valence-electron chi connectivity index (χ4n) is 1.39. The highest BCUT2D eigenvalue weighted by Gasteiger charge is 2.09. The van der Waals surface area contributed by atoms with Gasteiger partial charge in [0, 0.05) is 26.2 Å². The number of ether oxygens (including phenoxy) is 2. The summed E-state index contributed by atoms with van der Waals surface area (Å²) in [6.45, 7) is 5.92. The van der Waals surface area contributed by atoms with Gasteiger partial charge in [-0.2, -0.15) is 9.97 Å². The van der Waals surface area contributed by atoms with Gasteiger partial charge in [0.15, 0.2) is 0 Å². The van der Waals surface area contributed by atoms with Gasteiger partial charge >= 0.3 is 0 Å². The predicted octanol–water partition coefficient (Wildman–Crippen LogP) is 0.928. The molecule has 0 aliphatic rings. The van der Waals surface area contributed by atoms with Crippen LogP contribution >= 0.6 is 0 Å². The van der Waals surface area contributed by atoms with E-state index in [2.05, 4.69) is 29.1 Å². The number of aromatic nitrogens is 2. The summed E-state index contributed by atoms with van der Waals surface area (Å²) in [5.41, 5.74) is 0. The minimum atomic E-state index is 0.471. The van der Waals surface area contributed by atoms with E-state index in [1.165, 1.54) is 0 Å². The van der Waals surface area contributed by atoms with Crippen LogP contribution in [0.3, 0.4) is 0 Å².